The van der Waals surface area contributed by atoms with E-state index in [-0.39, 0.29) is 21.8 Å². The fourth-order valence-electron chi connectivity index (χ4n) is 2.81. The zero-order valence-corrected chi connectivity index (χ0v) is 17.2. The van der Waals surface area contributed by atoms with Crippen molar-refractivity contribution in [3.8, 4) is 5.75 Å². The minimum atomic E-state index is -3.42. The molecule has 0 saturated heterocycles. The minimum absolute atomic E-state index is 0.0640. The van der Waals surface area contributed by atoms with E-state index in [4.69, 9.17) is 0 Å². The van der Waals surface area contributed by atoms with Crippen molar-refractivity contribution < 1.29 is 23.1 Å². The number of carbonyl (C=O) groups excluding carboxylic acids is 2. The van der Waals surface area contributed by atoms with E-state index in [9.17, 15) is 23.1 Å². The Balaban J connectivity index is 1.75. The van der Waals surface area contributed by atoms with Gasteiger partial charge in [0.1, 0.15) is 5.75 Å². The summed E-state index contributed by atoms with van der Waals surface area (Å²) in [4.78, 5) is 24.9. The summed E-state index contributed by atoms with van der Waals surface area (Å²) >= 11 is 0. The normalized spacial score (nSPS) is 11.0. The molecule has 3 rings (SSSR count). The number of nitrogens with one attached hydrogen (secondary N) is 2. The van der Waals surface area contributed by atoms with Gasteiger partial charge >= 0.3 is 0 Å². The van der Waals surface area contributed by atoms with Crippen molar-refractivity contribution in [2.45, 2.75) is 11.8 Å². The molecule has 8 heteroatoms. The van der Waals surface area contributed by atoms with E-state index in [0.29, 0.717) is 16.9 Å². The fourth-order valence-corrected chi connectivity index (χ4v) is 3.48. The topological polar surface area (TPSA) is 113 Å². The largest absolute Gasteiger partial charge is 0.507 e. The highest BCUT2D eigenvalue weighted by Crippen LogP contribution is 2.23. The zero-order chi connectivity index (χ0) is 21.9. The lowest BCUT2D eigenvalue weighted by molar-refractivity contribution is 0.101. The monoisotopic (exact) mass is 424 g/mol. The van der Waals surface area contributed by atoms with Crippen molar-refractivity contribution in [1.29, 1.82) is 0 Å². The van der Waals surface area contributed by atoms with Gasteiger partial charge in [0.2, 0.25) is 0 Å². The van der Waals surface area contributed by atoms with Crippen LogP contribution in [0.1, 0.15) is 26.3 Å². The van der Waals surface area contributed by atoms with Crippen molar-refractivity contribution >= 4 is 33.0 Å². The van der Waals surface area contributed by atoms with Gasteiger partial charge in [0.15, 0.2) is 9.84 Å². The molecule has 3 N–H and O–H groups in total. The molecule has 0 unspecified atom stereocenters. The van der Waals surface area contributed by atoms with E-state index in [1.807, 2.05) is 0 Å². The number of aromatic hydroxyl groups is 1. The highest BCUT2D eigenvalue weighted by Gasteiger charge is 2.14. The van der Waals surface area contributed by atoms with E-state index >= 15 is 0 Å². The molecule has 3 aromatic carbocycles. The summed E-state index contributed by atoms with van der Waals surface area (Å²) in [5, 5.41) is 15.2. The quantitative estimate of drug-likeness (QED) is 0.579. The molecular formula is C22H20N2O5S. The van der Waals surface area contributed by atoms with Gasteiger partial charge in [-0.25, -0.2) is 8.42 Å². The van der Waals surface area contributed by atoms with Crippen molar-refractivity contribution in [3.05, 3.63) is 83.4 Å². The second-order valence-corrected chi connectivity index (χ2v) is 8.77. The first-order valence-electron chi connectivity index (χ1n) is 8.96. The van der Waals surface area contributed by atoms with E-state index in [2.05, 4.69) is 10.6 Å². The summed E-state index contributed by atoms with van der Waals surface area (Å²) in [6.45, 7) is 1.76. The van der Waals surface area contributed by atoms with Crippen LogP contribution in [0.2, 0.25) is 0 Å². The van der Waals surface area contributed by atoms with Gasteiger partial charge in [-0.2, -0.15) is 0 Å². The maximum Gasteiger partial charge on any atom is 0.259 e. The van der Waals surface area contributed by atoms with Crippen LogP contribution >= 0.6 is 0 Å². The molecule has 3 aromatic rings. The average molecular weight is 424 g/mol. The summed E-state index contributed by atoms with van der Waals surface area (Å²) in [6.07, 6.45) is 1.08. The number of hydrogen-bond donors (Lipinski definition) is 3. The first-order chi connectivity index (χ1) is 14.1. The molecule has 0 spiro atoms. The smallest absolute Gasteiger partial charge is 0.259 e. The lowest BCUT2D eigenvalue weighted by Gasteiger charge is -2.12. The Morgan fingerprint density at radius 2 is 1.60 bits per heavy atom. The molecule has 0 radical (unpaired) electrons. The van der Waals surface area contributed by atoms with Crippen LogP contribution in [-0.4, -0.2) is 31.6 Å². The zero-order valence-electron chi connectivity index (χ0n) is 16.3. The van der Waals surface area contributed by atoms with E-state index in [1.165, 1.54) is 36.4 Å². The van der Waals surface area contributed by atoms with Crippen LogP contribution in [0.3, 0.4) is 0 Å². The average Bonchev–Trinajstić information content (AvgIpc) is 2.69. The molecule has 0 atom stereocenters. The van der Waals surface area contributed by atoms with Gasteiger partial charge in [0.05, 0.1) is 10.5 Å². The third kappa shape index (κ3) is 4.84. The Morgan fingerprint density at radius 1 is 0.867 bits per heavy atom. The van der Waals surface area contributed by atoms with Crippen molar-refractivity contribution in [2.24, 2.45) is 0 Å². The Kier molecular flexibility index (Phi) is 5.89. The number of benzene rings is 3. The summed E-state index contributed by atoms with van der Waals surface area (Å²) in [7, 11) is -3.42. The highest BCUT2D eigenvalue weighted by molar-refractivity contribution is 7.90. The van der Waals surface area contributed by atoms with Gasteiger partial charge in [0, 0.05) is 23.2 Å². The maximum absolute atomic E-state index is 12.5. The molecule has 0 aromatic heterocycles. The second-order valence-electron chi connectivity index (χ2n) is 6.76. The maximum atomic E-state index is 12.5. The number of phenols is 1. The molecule has 0 fully saturated rings. The molecular weight excluding hydrogens is 404 g/mol. The van der Waals surface area contributed by atoms with Gasteiger partial charge in [-0.1, -0.05) is 18.2 Å². The number of hydrogen-bond acceptors (Lipinski definition) is 5. The first-order valence-corrected chi connectivity index (χ1v) is 10.9. The number of rotatable bonds is 5. The molecule has 0 bridgehead atoms. The second kappa shape index (κ2) is 8.38. The highest BCUT2D eigenvalue weighted by atomic mass is 32.2. The Labute approximate surface area is 174 Å². The van der Waals surface area contributed by atoms with Crippen molar-refractivity contribution in [1.82, 2.24) is 0 Å². The van der Waals surface area contributed by atoms with Gasteiger partial charge in [-0.05, 0) is 61.0 Å². The fraction of sp³-hybridized carbons (Fsp3) is 0.0909. The molecule has 2 amide bonds. The number of anilines is 2. The van der Waals surface area contributed by atoms with Crippen LogP contribution in [0, 0.1) is 6.92 Å². The Morgan fingerprint density at radius 3 is 2.27 bits per heavy atom. The molecule has 0 heterocycles. The number of carbonyl (C=O) groups is 2. The summed E-state index contributed by atoms with van der Waals surface area (Å²) in [5.74, 6) is -1.02. The lowest BCUT2D eigenvalue weighted by atomic mass is 10.1. The molecule has 0 aliphatic carbocycles. The number of phenolic OH excluding ortho intramolecular Hbond substituents is 1. The van der Waals surface area contributed by atoms with Crippen LogP contribution in [0.5, 0.6) is 5.75 Å². The SMILES string of the molecule is Cc1cc(NC(=O)c2ccccc2O)ccc1NC(=O)c1cccc(S(C)(=O)=O)c1. The third-order valence-electron chi connectivity index (χ3n) is 4.41. The number of sulfone groups is 1. The van der Waals surface area contributed by atoms with Gasteiger partial charge in [-0.3, -0.25) is 9.59 Å². The van der Waals surface area contributed by atoms with Gasteiger partial charge in [-0.15, -0.1) is 0 Å². The predicted octanol–water partition coefficient (Wildman–Crippen LogP) is 3.61. The molecule has 0 saturated carbocycles. The van der Waals surface area contributed by atoms with E-state index in [0.717, 1.165) is 6.26 Å². The Bertz CT molecular complexity index is 1240. The van der Waals surface area contributed by atoms with E-state index in [1.54, 1.807) is 37.3 Å². The number of amides is 2. The Hall–Kier alpha value is -3.65. The number of aryl methyl sites for hydroxylation is 1. The van der Waals surface area contributed by atoms with Crippen molar-refractivity contribution in [2.75, 3.05) is 16.9 Å². The number of para-hydroxylation sites is 1. The molecule has 154 valence electrons. The third-order valence-corrected chi connectivity index (χ3v) is 5.52. The molecule has 7 nitrogen and oxygen atoms in total. The summed E-state index contributed by atoms with van der Waals surface area (Å²) in [6, 6.07) is 16.9. The molecule has 0 aliphatic rings. The lowest BCUT2D eigenvalue weighted by Crippen LogP contribution is -2.14. The first kappa shape index (κ1) is 21.1. The molecule has 0 aliphatic heterocycles. The van der Waals surface area contributed by atoms with Crippen LogP contribution in [-0.2, 0) is 9.84 Å². The van der Waals surface area contributed by atoms with Crippen LogP contribution < -0.4 is 10.6 Å². The molecule has 30 heavy (non-hydrogen) atoms. The van der Waals surface area contributed by atoms with Gasteiger partial charge < -0.3 is 15.7 Å². The van der Waals surface area contributed by atoms with Gasteiger partial charge in [0.25, 0.3) is 11.8 Å². The predicted molar refractivity (Wildman–Crippen MR) is 115 cm³/mol. The van der Waals surface area contributed by atoms with Crippen LogP contribution in [0.15, 0.2) is 71.6 Å². The standard InChI is InChI=1S/C22H20N2O5S/c1-14-12-16(23-22(27)18-8-3-4-9-20(18)25)10-11-19(14)24-21(26)15-6-5-7-17(13-15)30(2,28)29/h3-13,25H,1-2H3,(H,23,27)(H,24,26). The summed E-state index contributed by atoms with van der Waals surface area (Å²) in [5.41, 5.74) is 2.08. The van der Waals surface area contributed by atoms with E-state index < -0.39 is 21.7 Å². The minimum Gasteiger partial charge on any atom is -0.507 e. The van der Waals surface area contributed by atoms with Crippen LogP contribution in [0.4, 0.5) is 11.4 Å². The van der Waals surface area contributed by atoms with Crippen LogP contribution in [0.25, 0.3) is 0 Å². The van der Waals surface area contributed by atoms with Crippen molar-refractivity contribution in [3.63, 3.8) is 0 Å². The summed E-state index contributed by atoms with van der Waals surface area (Å²) < 4.78 is 23.4.